The summed E-state index contributed by atoms with van der Waals surface area (Å²) < 4.78 is 31.5. The summed E-state index contributed by atoms with van der Waals surface area (Å²) in [6.45, 7) is 19.3. The number of carboxylic acids is 2. The summed E-state index contributed by atoms with van der Waals surface area (Å²) >= 11 is 0. The number of ether oxygens (including phenoxy) is 4. The van der Waals surface area contributed by atoms with E-state index in [9.17, 15) is 39.6 Å². The van der Waals surface area contributed by atoms with Gasteiger partial charge in [-0.3, -0.25) is 9.59 Å². The molecule has 5 aliphatic rings. The number of benzene rings is 2. The number of aryl methyl sites for hydroxylation is 1. The standard InChI is InChI=1S/C38H46O9.C15H16O4/c1-21(2)11-10-18-36(8)19-17-24-29(39)28-30(40)26-12-9-13-27-35(6,7)47-37(34(43)44,20-16-23(5)33(41)42)38(26,27)46-32(28)25(31(24)45-36)15-14-22(3)4;1-8-3-4-10-12(18-7-8)6-13-14(15(10)17)11(16)5-9(2)19-13/h11-12,14,16-17,19,27,39H,9-10,13,15,18,20H2,1-8H3,(H,41,42)(H,43,44);5-6,8,17H,3-4,7H2,1-2H3. The number of allylic oxidation sites excluding steroid dienone is 5. The molecule has 352 valence electrons. The fraction of sp³-hybridized carbons (Fsp3) is 0.472. The van der Waals surface area contributed by atoms with E-state index >= 15 is 0 Å². The summed E-state index contributed by atoms with van der Waals surface area (Å²) in [5, 5.41) is 43.0. The van der Waals surface area contributed by atoms with Crippen LogP contribution >= 0.6 is 0 Å². The number of Topliss-reactive ketones (excluding diaryl/α,β-unsaturated/α-hetero) is 1. The molecule has 5 atom stereocenters. The van der Waals surface area contributed by atoms with Gasteiger partial charge in [0, 0.05) is 46.7 Å². The van der Waals surface area contributed by atoms with Crippen LogP contribution in [0.3, 0.4) is 0 Å². The Balaban J connectivity index is 0.000000282. The van der Waals surface area contributed by atoms with Gasteiger partial charge in [-0.2, -0.15) is 0 Å². The second-order valence-corrected chi connectivity index (χ2v) is 19.7. The molecule has 5 heterocycles. The van der Waals surface area contributed by atoms with Crippen LogP contribution in [-0.2, 0) is 27.2 Å². The van der Waals surface area contributed by atoms with Crippen LogP contribution in [0.25, 0.3) is 17.0 Å². The highest BCUT2D eigenvalue weighted by atomic mass is 16.6. The highest BCUT2D eigenvalue weighted by Crippen LogP contribution is 2.64. The summed E-state index contributed by atoms with van der Waals surface area (Å²) in [4.78, 5) is 52.0. The number of carboxylic acid groups (broad SMARTS) is 2. The van der Waals surface area contributed by atoms with Gasteiger partial charge in [0.05, 0.1) is 17.8 Å². The van der Waals surface area contributed by atoms with Crippen LogP contribution in [0.1, 0.15) is 134 Å². The van der Waals surface area contributed by atoms with Crippen molar-refractivity contribution in [1.82, 2.24) is 0 Å². The largest absolute Gasteiger partial charge is 0.507 e. The molecule has 4 aliphatic heterocycles. The van der Waals surface area contributed by atoms with Crippen molar-refractivity contribution in [1.29, 1.82) is 0 Å². The van der Waals surface area contributed by atoms with E-state index in [0.29, 0.717) is 84.2 Å². The molecule has 8 rings (SSSR count). The molecule has 0 amide bonds. The van der Waals surface area contributed by atoms with Crippen LogP contribution in [0.2, 0.25) is 0 Å². The van der Waals surface area contributed by atoms with Crippen molar-refractivity contribution in [3.05, 3.63) is 103 Å². The van der Waals surface area contributed by atoms with E-state index in [4.69, 9.17) is 23.4 Å². The maximum absolute atomic E-state index is 14.7. The molecule has 1 spiro atoms. The van der Waals surface area contributed by atoms with Crippen LogP contribution in [0.4, 0.5) is 0 Å². The van der Waals surface area contributed by atoms with Crippen LogP contribution < -0.4 is 19.6 Å². The van der Waals surface area contributed by atoms with Gasteiger partial charge in [0.2, 0.25) is 5.60 Å². The smallest absolute Gasteiger partial charge is 0.340 e. The number of hydrogen-bond acceptors (Lipinski definition) is 11. The Bertz CT molecular complexity index is 2740. The van der Waals surface area contributed by atoms with Gasteiger partial charge in [0.1, 0.15) is 56.6 Å². The number of carbonyl (C=O) groups excluding carboxylic acids is 1. The molecule has 3 aromatic rings. The minimum atomic E-state index is -2.16. The first-order valence-electron chi connectivity index (χ1n) is 22.7. The van der Waals surface area contributed by atoms with Crippen LogP contribution in [-0.4, -0.2) is 67.2 Å². The van der Waals surface area contributed by atoms with Gasteiger partial charge in [-0.25, -0.2) is 9.59 Å². The minimum Gasteiger partial charge on any atom is -0.507 e. The zero-order valence-electron chi connectivity index (χ0n) is 39.6. The Labute approximate surface area is 385 Å². The van der Waals surface area contributed by atoms with E-state index in [1.807, 2.05) is 46.8 Å². The Morgan fingerprint density at radius 3 is 2.29 bits per heavy atom. The molecule has 0 radical (unpaired) electrons. The lowest BCUT2D eigenvalue weighted by Gasteiger charge is -2.50. The van der Waals surface area contributed by atoms with Gasteiger partial charge in [-0.15, -0.1) is 0 Å². The molecule has 1 aromatic heterocycles. The lowest BCUT2D eigenvalue weighted by atomic mass is 9.60. The van der Waals surface area contributed by atoms with E-state index in [-0.39, 0.29) is 51.2 Å². The number of phenols is 2. The highest BCUT2D eigenvalue weighted by Gasteiger charge is 2.77. The third-order valence-corrected chi connectivity index (χ3v) is 13.6. The van der Waals surface area contributed by atoms with Gasteiger partial charge in [0.25, 0.3) is 0 Å². The SMILES string of the molecule is CC(C)=CCCC1(C)C=Cc2c(O)c3c(c(CC=C(C)C)c2O1)OC12C(=CCCC1C(C)(C)OC2(CC=C(C)C(=O)O)C(=O)O)C3=O.Cc1cc(=O)c2c(O)c3c(cc2o1)OCC(C)CC3. The van der Waals surface area contributed by atoms with Crippen molar-refractivity contribution < 1.29 is 58.2 Å². The lowest BCUT2D eigenvalue weighted by Crippen LogP contribution is -2.66. The molecule has 13 nitrogen and oxygen atoms in total. The molecular formula is C53H62O13. The van der Waals surface area contributed by atoms with Crippen molar-refractivity contribution in [2.75, 3.05) is 6.61 Å². The molecule has 1 saturated heterocycles. The van der Waals surface area contributed by atoms with Crippen molar-refractivity contribution in [2.24, 2.45) is 11.8 Å². The normalized spacial score (nSPS) is 25.6. The molecule has 4 N–H and O–H groups in total. The van der Waals surface area contributed by atoms with Crippen LogP contribution in [0.5, 0.6) is 28.7 Å². The van der Waals surface area contributed by atoms with Crippen molar-refractivity contribution in [3.63, 3.8) is 0 Å². The minimum absolute atomic E-state index is 0.00958. The molecule has 13 heteroatoms. The van der Waals surface area contributed by atoms with Crippen molar-refractivity contribution in [3.8, 4) is 28.7 Å². The van der Waals surface area contributed by atoms with E-state index in [0.717, 1.165) is 18.4 Å². The van der Waals surface area contributed by atoms with Crippen LogP contribution in [0.15, 0.2) is 74.0 Å². The molecule has 5 unspecified atom stereocenters. The van der Waals surface area contributed by atoms with Gasteiger partial charge < -0.3 is 43.8 Å². The number of hydrogen-bond donors (Lipinski definition) is 4. The maximum atomic E-state index is 14.7. The Morgan fingerprint density at radius 1 is 0.909 bits per heavy atom. The zero-order valence-corrected chi connectivity index (χ0v) is 39.6. The summed E-state index contributed by atoms with van der Waals surface area (Å²) in [6.07, 6.45) is 14.8. The third kappa shape index (κ3) is 8.24. The Hall–Kier alpha value is -6.08. The number of aromatic hydroxyl groups is 2. The topological polar surface area (TPSA) is 199 Å². The number of ketones is 1. The first-order chi connectivity index (χ1) is 31.0. The van der Waals surface area contributed by atoms with Gasteiger partial charge >= 0.3 is 11.9 Å². The quantitative estimate of drug-likeness (QED) is 0.117. The second-order valence-electron chi connectivity index (χ2n) is 19.7. The molecule has 1 aliphatic carbocycles. The molecular weight excluding hydrogens is 845 g/mol. The van der Waals surface area contributed by atoms with Crippen molar-refractivity contribution in [2.45, 2.75) is 143 Å². The average Bonchev–Trinajstić information content (AvgIpc) is 3.29. The number of fused-ring (bicyclic) bond motifs is 4. The Kier molecular flexibility index (Phi) is 12.8. The highest BCUT2D eigenvalue weighted by molar-refractivity contribution is 6.17. The van der Waals surface area contributed by atoms with Gasteiger partial charge in [-0.1, -0.05) is 42.4 Å². The Morgan fingerprint density at radius 2 is 1.62 bits per heavy atom. The van der Waals surface area contributed by atoms with Gasteiger partial charge in [0.15, 0.2) is 16.8 Å². The van der Waals surface area contributed by atoms with E-state index in [1.54, 1.807) is 39.0 Å². The molecule has 0 bridgehead atoms. The molecule has 1 fully saturated rings. The van der Waals surface area contributed by atoms with Crippen LogP contribution in [0, 0.1) is 18.8 Å². The van der Waals surface area contributed by atoms with E-state index in [1.165, 1.54) is 24.6 Å². The predicted octanol–water partition coefficient (Wildman–Crippen LogP) is 10.3. The number of carbonyl (C=O) groups is 3. The van der Waals surface area contributed by atoms with Crippen molar-refractivity contribution >= 4 is 34.8 Å². The zero-order chi connectivity index (χ0) is 48.3. The summed E-state index contributed by atoms with van der Waals surface area (Å²) in [5.74, 6) is -1.94. The lowest BCUT2D eigenvalue weighted by molar-refractivity contribution is -0.184. The molecule has 2 aromatic carbocycles. The fourth-order valence-corrected chi connectivity index (χ4v) is 10.2. The molecule has 66 heavy (non-hydrogen) atoms. The fourth-order valence-electron chi connectivity index (χ4n) is 10.2. The number of rotatable bonds is 9. The van der Waals surface area contributed by atoms with E-state index < -0.39 is 46.0 Å². The first kappa shape index (κ1) is 47.9. The average molecular weight is 907 g/mol. The number of phenolic OH excluding ortho intramolecular Hbond substituents is 2. The summed E-state index contributed by atoms with van der Waals surface area (Å²) in [5.41, 5.74) is -1.78. The molecule has 0 saturated carbocycles. The maximum Gasteiger partial charge on any atom is 0.340 e. The number of aliphatic carboxylic acids is 2. The van der Waals surface area contributed by atoms with E-state index in [2.05, 4.69) is 13.0 Å². The third-order valence-electron chi connectivity index (χ3n) is 13.6. The van der Waals surface area contributed by atoms with Gasteiger partial charge in [-0.05, 0) is 125 Å². The first-order valence-corrected chi connectivity index (χ1v) is 22.7. The monoisotopic (exact) mass is 906 g/mol. The summed E-state index contributed by atoms with van der Waals surface area (Å²) in [7, 11) is 0. The summed E-state index contributed by atoms with van der Waals surface area (Å²) in [6, 6.07) is 3.12. The predicted molar refractivity (Wildman–Crippen MR) is 250 cm³/mol. The second kappa shape index (κ2) is 17.6.